The fourth-order valence-corrected chi connectivity index (χ4v) is 2.68. The molecule has 0 saturated heterocycles. The van der Waals surface area contributed by atoms with Gasteiger partial charge in [0.15, 0.2) is 12.2 Å². The third-order valence-electron chi connectivity index (χ3n) is 3.11. The van der Waals surface area contributed by atoms with Gasteiger partial charge in [0, 0.05) is 4.90 Å². The van der Waals surface area contributed by atoms with Gasteiger partial charge in [-0.2, -0.15) is 0 Å². The predicted molar refractivity (Wildman–Crippen MR) is 87.5 cm³/mol. The molecule has 5 nitrogen and oxygen atoms in total. The Kier molecular flexibility index (Phi) is 4.83. The second kappa shape index (κ2) is 7.19. The van der Waals surface area contributed by atoms with E-state index >= 15 is 0 Å². The van der Waals surface area contributed by atoms with E-state index in [9.17, 15) is 4.79 Å². The minimum atomic E-state index is -0.312. The van der Waals surface area contributed by atoms with E-state index in [2.05, 4.69) is 4.98 Å². The molecule has 23 heavy (non-hydrogen) atoms. The van der Waals surface area contributed by atoms with Crippen LogP contribution in [0, 0.1) is 0 Å². The van der Waals surface area contributed by atoms with Crippen LogP contribution in [-0.4, -0.2) is 23.8 Å². The fraction of sp³-hybridized carbons (Fsp3) is 0.176. The fourth-order valence-electron chi connectivity index (χ4n) is 1.98. The normalized spacial score (nSPS) is 10.7. The van der Waals surface area contributed by atoms with Crippen LogP contribution in [-0.2, 0) is 16.1 Å². The number of esters is 1. The van der Waals surface area contributed by atoms with Crippen LogP contribution < -0.4 is 4.74 Å². The summed E-state index contributed by atoms with van der Waals surface area (Å²) in [7, 11) is 1.62. The molecule has 118 valence electrons. The zero-order chi connectivity index (χ0) is 16.1. The second-order valence-corrected chi connectivity index (χ2v) is 5.75. The monoisotopic (exact) mass is 329 g/mol. The molecule has 3 aromatic rings. The van der Waals surface area contributed by atoms with Gasteiger partial charge in [0.1, 0.15) is 11.3 Å². The molecule has 0 unspecified atom stereocenters. The van der Waals surface area contributed by atoms with Crippen LogP contribution in [0.15, 0.2) is 57.8 Å². The highest BCUT2D eigenvalue weighted by atomic mass is 32.2. The summed E-state index contributed by atoms with van der Waals surface area (Å²) in [6.45, 7) is 0.0384. The minimum Gasteiger partial charge on any atom is -0.497 e. The van der Waals surface area contributed by atoms with E-state index in [1.165, 1.54) is 11.8 Å². The van der Waals surface area contributed by atoms with Crippen LogP contribution >= 0.6 is 11.8 Å². The number of para-hydroxylation sites is 2. The maximum absolute atomic E-state index is 11.8. The van der Waals surface area contributed by atoms with E-state index in [4.69, 9.17) is 13.9 Å². The first kappa shape index (κ1) is 15.4. The Bertz CT molecular complexity index is 765. The molecule has 0 fully saturated rings. The summed E-state index contributed by atoms with van der Waals surface area (Å²) in [5, 5.41) is 0. The number of benzene rings is 2. The Balaban J connectivity index is 1.49. The van der Waals surface area contributed by atoms with Gasteiger partial charge in [-0.25, -0.2) is 4.98 Å². The Hall–Kier alpha value is -2.47. The minimum absolute atomic E-state index is 0.0384. The number of oxazole rings is 1. The van der Waals surface area contributed by atoms with Gasteiger partial charge in [-0.1, -0.05) is 12.1 Å². The first-order chi connectivity index (χ1) is 11.2. The van der Waals surface area contributed by atoms with Crippen LogP contribution in [0.5, 0.6) is 5.75 Å². The van der Waals surface area contributed by atoms with E-state index in [-0.39, 0.29) is 18.3 Å². The van der Waals surface area contributed by atoms with Crippen molar-refractivity contribution in [2.75, 3.05) is 12.9 Å². The summed E-state index contributed by atoms with van der Waals surface area (Å²) in [6, 6.07) is 14.9. The molecule has 0 amide bonds. The van der Waals surface area contributed by atoms with Crippen LogP contribution in [0.2, 0.25) is 0 Å². The number of ether oxygens (including phenoxy) is 2. The number of carbonyl (C=O) groups is 1. The predicted octanol–water partition coefficient (Wildman–Crippen LogP) is 3.67. The molecule has 6 heteroatoms. The molecule has 0 spiro atoms. The van der Waals surface area contributed by atoms with Gasteiger partial charge in [0.05, 0.1) is 12.9 Å². The summed E-state index contributed by atoms with van der Waals surface area (Å²) in [5.74, 6) is 1.10. The number of thioether (sulfide) groups is 1. The number of nitrogens with zero attached hydrogens (tertiary/aromatic N) is 1. The van der Waals surface area contributed by atoms with Crippen molar-refractivity contribution in [3.63, 3.8) is 0 Å². The molecule has 0 saturated carbocycles. The van der Waals surface area contributed by atoms with E-state index in [1.807, 2.05) is 48.5 Å². The Morgan fingerprint density at radius 3 is 2.70 bits per heavy atom. The van der Waals surface area contributed by atoms with Crippen molar-refractivity contribution in [1.82, 2.24) is 4.98 Å². The summed E-state index contributed by atoms with van der Waals surface area (Å²) in [4.78, 5) is 17.0. The Labute approximate surface area is 137 Å². The third kappa shape index (κ3) is 4.04. The molecule has 1 aromatic heterocycles. The first-order valence-electron chi connectivity index (χ1n) is 7.01. The zero-order valence-electron chi connectivity index (χ0n) is 12.5. The van der Waals surface area contributed by atoms with Crippen LogP contribution in [0.25, 0.3) is 11.1 Å². The largest absolute Gasteiger partial charge is 0.497 e. The van der Waals surface area contributed by atoms with Crippen LogP contribution in [0.3, 0.4) is 0 Å². The van der Waals surface area contributed by atoms with Gasteiger partial charge in [-0.3, -0.25) is 4.79 Å². The van der Waals surface area contributed by atoms with Gasteiger partial charge < -0.3 is 13.9 Å². The Morgan fingerprint density at radius 1 is 1.17 bits per heavy atom. The molecule has 0 bridgehead atoms. The van der Waals surface area contributed by atoms with Crippen molar-refractivity contribution in [1.29, 1.82) is 0 Å². The maximum atomic E-state index is 11.8. The highest BCUT2D eigenvalue weighted by molar-refractivity contribution is 8.00. The highest BCUT2D eigenvalue weighted by Gasteiger charge is 2.09. The average molecular weight is 329 g/mol. The molecule has 0 N–H and O–H groups in total. The quantitative estimate of drug-likeness (QED) is 0.508. The highest BCUT2D eigenvalue weighted by Crippen LogP contribution is 2.21. The van der Waals surface area contributed by atoms with Crippen molar-refractivity contribution in [2.24, 2.45) is 0 Å². The number of hydrogen-bond donors (Lipinski definition) is 0. The zero-order valence-corrected chi connectivity index (χ0v) is 13.3. The van der Waals surface area contributed by atoms with Crippen molar-refractivity contribution in [2.45, 2.75) is 11.5 Å². The molecule has 0 aliphatic rings. The van der Waals surface area contributed by atoms with E-state index in [0.717, 1.165) is 16.2 Å². The first-order valence-corrected chi connectivity index (χ1v) is 8.00. The van der Waals surface area contributed by atoms with Gasteiger partial charge in [0.2, 0.25) is 5.89 Å². The summed E-state index contributed by atoms with van der Waals surface area (Å²) in [5.41, 5.74) is 1.44. The second-order valence-electron chi connectivity index (χ2n) is 4.70. The van der Waals surface area contributed by atoms with Crippen LogP contribution in [0.4, 0.5) is 0 Å². The topological polar surface area (TPSA) is 61.6 Å². The molecular weight excluding hydrogens is 314 g/mol. The molecule has 2 aromatic carbocycles. The molecule has 0 aliphatic carbocycles. The summed E-state index contributed by atoms with van der Waals surface area (Å²) < 4.78 is 15.8. The van der Waals surface area contributed by atoms with Crippen molar-refractivity contribution in [3.05, 3.63) is 54.4 Å². The molecule has 3 rings (SSSR count). The van der Waals surface area contributed by atoms with Gasteiger partial charge in [-0.05, 0) is 36.4 Å². The lowest BCUT2D eigenvalue weighted by Crippen LogP contribution is -2.07. The van der Waals surface area contributed by atoms with Gasteiger partial charge in [0.25, 0.3) is 0 Å². The number of carbonyl (C=O) groups excluding carboxylic acids is 1. The average Bonchev–Trinajstić information content (AvgIpc) is 3.01. The maximum Gasteiger partial charge on any atom is 0.316 e. The number of hydrogen-bond acceptors (Lipinski definition) is 6. The lowest BCUT2D eigenvalue weighted by atomic mass is 10.3. The van der Waals surface area contributed by atoms with Crippen molar-refractivity contribution < 1.29 is 18.7 Å². The molecular formula is C17H15NO4S. The smallest absolute Gasteiger partial charge is 0.316 e. The number of fused-ring (bicyclic) bond motifs is 1. The van der Waals surface area contributed by atoms with Crippen molar-refractivity contribution >= 4 is 28.8 Å². The summed E-state index contributed by atoms with van der Waals surface area (Å²) in [6.07, 6.45) is 0. The molecule has 0 atom stereocenters. The molecule has 1 heterocycles. The number of aromatic nitrogens is 1. The van der Waals surface area contributed by atoms with Gasteiger partial charge in [-0.15, -0.1) is 11.8 Å². The number of rotatable bonds is 6. The van der Waals surface area contributed by atoms with E-state index < -0.39 is 0 Å². The van der Waals surface area contributed by atoms with Crippen molar-refractivity contribution in [3.8, 4) is 5.75 Å². The summed E-state index contributed by atoms with van der Waals surface area (Å²) >= 11 is 1.41. The standard InChI is InChI=1S/C17H15NO4S/c1-20-12-6-8-13(9-7-12)23-11-17(19)21-10-16-18-14-4-2-3-5-15(14)22-16/h2-9H,10-11H2,1H3. The Morgan fingerprint density at radius 2 is 1.96 bits per heavy atom. The lowest BCUT2D eigenvalue weighted by molar-refractivity contribution is -0.142. The third-order valence-corrected chi connectivity index (χ3v) is 4.10. The van der Waals surface area contributed by atoms with Gasteiger partial charge >= 0.3 is 5.97 Å². The lowest BCUT2D eigenvalue weighted by Gasteiger charge is -2.04. The van der Waals surface area contributed by atoms with E-state index in [1.54, 1.807) is 7.11 Å². The molecule has 0 aliphatic heterocycles. The number of methoxy groups -OCH3 is 1. The SMILES string of the molecule is COc1ccc(SCC(=O)OCc2nc3ccccc3o2)cc1. The van der Waals surface area contributed by atoms with E-state index in [0.29, 0.717) is 11.5 Å². The van der Waals surface area contributed by atoms with Crippen LogP contribution in [0.1, 0.15) is 5.89 Å². The molecule has 0 radical (unpaired) electrons.